The summed E-state index contributed by atoms with van der Waals surface area (Å²) in [6.07, 6.45) is 8.24. The highest BCUT2D eigenvalue weighted by Crippen LogP contribution is 2.29. The highest BCUT2D eigenvalue weighted by molar-refractivity contribution is 5.79. The molecule has 0 aromatic heterocycles. The van der Waals surface area contributed by atoms with Crippen LogP contribution >= 0.6 is 0 Å². The first-order chi connectivity index (χ1) is 8.29. The molecule has 0 saturated heterocycles. The number of rotatable bonds is 5. The normalized spacial score (nSPS) is 14.1. The molecule has 1 aromatic carbocycles. The summed E-state index contributed by atoms with van der Waals surface area (Å²) in [5.74, 6) is 3.40. The summed E-state index contributed by atoms with van der Waals surface area (Å²) in [6.45, 7) is 1.26. The fourth-order valence-corrected chi connectivity index (χ4v) is 1.86. The van der Waals surface area contributed by atoms with Crippen LogP contribution in [-0.4, -0.2) is 23.9 Å². The second kappa shape index (κ2) is 5.54. The van der Waals surface area contributed by atoms with Gasteiger partial charge in [-0.2, -0.15) is 0 Å². The van der Waals surface area contributed by atoms with E-state index in [0.717, 1.165) is 12.1 Å². The van der Waals surface area contributed by atoms with Gasteiger partial charge >= 0.3 is 0 Å². The first-order valence-electron chi connectivity index (χ1n) is 6.04. The van der Waals surface area contributed by atoms with Crippen LogP contribution in [0.25, 0.3) is 0 Å². The average molecular weight is 227 g/mol. The number of benzene rings is 1. The molecule has 2 heteroatoms. The van der Waals surface area contributed by atoms with E-state index < -0.39 is 0 Å². The number of hydrogen-bond donors (Lipinski definition) is 0. The van der Waals surface area contributed by atoms with Crippen molar-refractivity contribution < 1.29 is 4.79 Å². The van der Waals surface area contributed by atoms with Crippen molar-refractivity contribution in [2.75, 3.05) is 13.1 Å². The molecule has 1 fully saturated rings. The predicted octanol–water partition coefficient (Wildman–Crippen LogP) is 2.10. The maximum Gasteiger partial charge on any atom is 0.227 e. The minimum atomic E-state index is 0.140. The Bertz CT molecular complexity index is 414. The van der Waals surface area contributed by atoms with Crippen molar-refractivity contribution in [1.82, 2.24) is 4.90 Å². The number of terminal acetylenes is 1. The lowest BCUT2D eigenvalue weighted by molar-refractivity contribution is -0.130. The van der Waals surface area contributed by atoms with Crippen LogP contribution in [0.2, 0.25) is 0 Å². The molecule has 0 spiro atoms. The minimum absolute atomic E-state index is 0.140. The Labute approximate surface area is 103 Å². The number of carbonyl (C=O) groups is 1. The van der Waals surface area contributed by atoms with Crippen molar-refractivity contribution in [2.24, 2.45) is 5.92 Å². The maximum absolute atomic E-state index is 12.1. The zero-order valence-corrected chi connectivity index (χ0v) is 9.93. The Morgan fingerprint density at radius 1 is 1.35 bits per heavy atom. The first-order valence-corrected chi connectivity index (χ1v) is 6.04. The molecule has 0 atom stereocenters. The fraction of sp³-hybridized carbons (Fsp3) is 0.400. The summed E-state index contributed by atoms with van der Waals surface area (Å²) in [7, 11) is 0. The van der Waals surface area contributed by atoms with Gasteiger partial charge in [0.2, 0.25) is 5.91 Å². The molecule has 0 aliphatic heterocycles. The summed E-state index contributed by atoms with van der Waals surface area (Å²) >= 11 is 0. The third kappa shape index (κ3) is 3.64. The molecule has 1 saturated carbocycles. The number of nitrogens with zero attached hydrogens (tertiary/aromatic N) is 1. The summed E-state index contributed by atoms with van der Waals surface area (Å²) in [5.41, 5.74) is 1.05. The molecule has 1 aliphatic rings. The van der Waals surface area contributed by atoms with Crippen LogP contribution < -0.4 is 0 Å². The lowest BCUT2D eigenvalue weighted by Crippen LogP contribution is -2.34. The maximum atomic E-state index is 12.1. The van der Waals surface area contributed by atoms with Gasteiger partial charge in [-0.1, -0.05) is 36.3 Å². The molecule has 0 N–H and O–H groups in total. The summed E-state index contributed by atoms with van der Waals surface area (Å²) in [6, 6.07) is 9.81. The van der Waals surface area contributed by atoms with Crippen molar-refractivity contribution in [3.63, 3.8) is 0 Å². The van der Waals surface area contributed by atoms with Crippen LogP contribution in [0.3, 0.4) is 0 Å². The van der Waals surface area contributed by atoms with Crippen LogP contribution in [0.1, 0.15) is 18.4 Å². The third-order valence-corrected chi connectivity index (χ3v) is 3.01. The van der Waals surface area contributed by atoms with Gasteiger partial charge in [0.25, 0.3) is 0 Å². The van der Waals surface area contributed by atoms with E-state index >= 15 is 0 Å². The number of hydrogen-bond acceptors (Lipinski definition) is 1. The molecule has 1 amide bonds. The van der Waals surface area contributed by atoms with E-state index in [0.29, 0.717) is 18.9 Å². The lowest BCUT2D eigenvalue weighted by atomic mass is 10.1. The fourth-order valence-electron chi connectivity index (χ4n) is 1.86. The van der Waals surface area contributed by atoms with Crippen molar-refractivity contribution in [1.29, 1.82) is 0 Å². The van der Waals surface area contributed by atoms with Crippen LogP contribution in [0.5, 0.6) is 0 Å². The summed E-state index contributed by atoms with van der Waals surface area (Å²) in [4.78, 5) is 13.9. The molecule has 0 radical (unpaired) electrons. The Morgan fingerprint density at radius 2 is 2.06 bits per heavy atom. The van der Waals surface area contributed by atoms with E-state index in [1.165, 1.54) is 12.8 Å². The van der Waals surface area contributed by atoms with Crippen LogP contribution in [0.15, 0.2) is 30.3 Å². The van der Waals surface area contributed by atoms with Crippen molar-refractivity contribution in [3.8, 4) is 12.3 Å². The summed E-state index contributed by atoms with van der Waals surface area (Å²) < 4.78 is 0. The standard InChI is InChI=1S/C15H17NO/c1-2-10-16(12-14-8-9-14)15(17)11-13-6-4-3-5-7-13/h1,3-7,14H,8-12H2. The van der Waals surface area contributed by atoms with Crippen molar-refractivity contribution in [3.05, 3.63) is 35.9 Å². The SMILES string of the molecule is C#CCN(CC1CC1)C(=O)Cc1ccccc1. The highest BCUT2D eigenvalue weighted by atomic mass is 16.2. The van der Waals surface area contributed by atoms with Gasteiger partial charge in [-0.25, -0.2) is 0 Å². The Morgan fingerprint density at radius 3 is 2.65 bits per heavy atom. The minimum Gasteiger partial charge on any atom is -0.331 e. The van der Waals surface area contributed by atoms with E-state index in [9.17, 15) is 4.79 Å². The van der Waals surface area contributed by atoms with Gasteiger partial charge in [-0.3, -0.25) is 4.79 Å². The predicted molar refractivity (Wildman–Crippen MR) is 68.3 cm³/mol. The zero-order chi connectivity index (χ0) is 12.1. The van der Waals surface area contributed by atoms with Gasteiger partial charge in [0.1, 0.15) is 0 Å². The van der Waals surface area contributed by atoms with E-state index in [1.807, 2.05) is 35.2 Å². The topological polar surface area (TPSA) is 20.3 Å². The Balaban J connectivity index is 1.93. The molecule has 1 aromatic rings. The Hall–Kier alpha value is -1.75. The number of amides is 1. The third-order valence-electron chi connectivity index (χ3n) is 3.01. The molecule has 0 unspecified atom stereocenters. The van der Waals surface area contributed by atoms with E-state index in [4.69, 9.17) is 6.42 Å². The largest absolute Gasteiger partial charge is 0.331 e. The van der Waals surface area contributed by atoms with Gasteiger partial charge in [0.05, 0.1) is 13.0 Å². The zero-order valence-electron chi connectivity index (χ0n) is 9.93. The molecular formula is C15H17NO. The highest BCUT2D eigenvalue weighted by Gasteiger charge is 2.26. The molecule has 1 aliphatic carbocycles. The second-order valence-corrected chi connectivity index (χ2v) is 4.58. The molecule has 2 nitrogen and oxygen atoms in total. The lowest BCUT2D eigenvalue weighted by Gasteiger charge is -2.20. The van der Waals surface area contributed by atoms with E-state index in [2.05, 4.69) is 5.92 Å². The molecular weight excluding hydrogens is 210 g/mol. The van der Waals surface area contributed by atoms with E-state index in [1.54, 1.807) is 0 Å². The number of carbonyl (C=O) groups excluding carboxylic acids is 1. The summed E-state index contributed by atoms with van der Waals surface area (Å²) in [5, 5.41) is 0. The average Bonchev–Trinajstić information content (AvgIpc) is 3.14. The molecule has 88 valence electrons. The molecule has 2 rings (SSSR count). The van der Waals surface area contributed by atoms with Crippen molar-refractivity contribution in [2.45, 2.75) is 19.3 Å². The monoisotopic (exact) mass is 227 g/mol. The van der Waals surface area contributed by atoms with Crippen LogP contribution in [0, 0.1) is 18.3 Å². The smallest absolute Gasteiger partial charge is 0.227 e. The van der Waals surface area contributed by atoms with Gasteiger partial charge in [0, 0.05) is 6.54 Å². The molecule has 0 heterocycles. The van der Waals surface area contributed by atoms with Crippen molar-refractivity contribution >= 4 is 5.91 Å². The molecule has 17 heavy (non-hydrogen) atoms. The molecule has 0 bridgehead atoms. The van der Waals surface area contributed by atoms with Gasteiger partial charge in [0.15, 0.2) is 0 Å². The first kappa shape index (κ1) is 11.7. The Kier molecular flexibility index (Phi) is 3.82. The quantitative estimate of drug-likeness (QED) is 0.705. The van der Waals surface area contributed by atoms with Gasteiger partial charge in [-0.05, 0) is 24.3 Å². The van der Waals surface area contributed by atoms with Crippen LogP contribution in [-0.2, 0) is 11.2 Å². The second-order valence-electron chi connectivity index (χ2n) is 4.58. The van der Waals surface area contributed by atoms with Crippen LogP contribution in [0.4, 0.5) is 0 Å². The van der Waals surface area contributed by atoms with E-state index in [-0.39, 0.29) is 5.91 Å². The van der Waals surface area contributed by atoms with Gasteiger partial charge in [-0.15, -0.1) is 6.42 Å². The van der Waals surface area contributed by atoms with Gasteiger partial charge < -0.3 is 4.90 Å².